The molecule has 1 saturated heterocycles. The summed E-state index contributed by atoms with van der Waals surface area (Å²) in [5.74, 6) is 0.127. The number of alkyl halides is 3. The van der Waals surface area contributed by atoms with E-state index in [1.54, 1.807) is 11.1 Å². The van der Waals surface area contributed by atoms with Crippen molar-refractivity contribution in [2.45, 2.75) is 83.3 Å². The summed E-state index contributed by atoms with van der Waals surface area (Å²) in [6.45, 7) is 8.76. The first-order chi connectivity index (χ1) is 20.3. The number of ether oxygens (including phenoxy) is 1. The number of hydrogen-bond donors (Lipinski definition) is 2. The molecular formula is C30H40F3N7O3. The van der Waals surface area contributed by atoms with Gasteiger partial charge in [-0.05, 0) is 52.0 Å². The van der Waals surface area contributed by atoms with Crippen LogP contribution in [0.2, 0.25) is 0 Å². The summed E-state index contributed by atoms with van der Waals surface area (Å²) < 4.78 is 45.3. The van der Waals surface area contributed by atoms with Crippen molar-refractivity contribution in [3.8, 4) is 11.3 Å². The molecule has 0 unspecified atom stereocenters. The van der Waals surface area contributed by atoms with Gasteiger partial charge in [-0.3, -0.25) is 4.90 Å². The Morgan fingerprint density at radius 1 is 1.05 bits per heavy atom. The number of carbonyl (C=O) groups excluding carboxylic acids is 1. The van der Waals surface area contributed by atoms with Gasteiger partial charge in [0.1, 0.15) is 11.3 Å². The third kappa shape index (κ3) is 8.14. The smallest absolute Gasteiger partial charge is 0.410 e. The number of amides is 1. The highest BCUT2D eigenvalue weighted by Crippen LogP contribution is 2.35. The van der Waals surface area contributed by atoms with Crippen LogP contribution in [-0.2, 0) is 11.3 Å². The van der Waals surface area contributed by atoms with Gasteiger partial charge >= 0.3 is 12.3 Å². The van der Waals surface area contributed by atoms with Crippen molar-refractivity contribution in [1.29, 1.82) is 0 Å². The Labute approximate surface area is 249 Å². The topological polar surface area (TPSA) is 109 Å². The Balaban J connectivity index is 1.30. The molecule has 0 bridgehead atoms. The fraction of sp³-hybridized carbons (Fsp3) is 0.600. The number of benzene rings is 1. The number of fused-ring (bicyclic) bond motifs is 1. The maximum Gasteiger partial charge on any atom is 0.410 e. The van der Waals surface area contributed by atoms with E-state index in [1.807, 2.05) is 37.6 Å². The lowest BCUT2D eigenvalue weighted by atomic mass is 9.93. The summed E-state index contributed by atoms with van der Waals surface area (Å²) in [6, 6.07) is 8.17. The third-order valence-electron chi connectivity index (χ3n) is 7.81. The van der Waals surface area contributed by atoms with Crippen molar-refractivity contribution in [2.24, 2.45) is 0 Å². The molecule has 1 amide bonds. The lowest BCUT2D eigenvalue weighted by molar-refractivity contribution is -0.131. The molecule has 13 heteroatoms. The van der Waals surface area contributed by atoms with Crippen molar-refractivity contribution < 1.29 is 27.8 Å². The number of nitrogens with one attached hydrogen (secondary N) is 1. The maximum atomic E-state index is 12.7. The van der Waals surface area contributed by atoms with Crippen LogP contribution in [0.25, 0.3) is 22.3 Å². The molecule has 0 spiro atoms. The summed E-state index contributed by atoms with van der Waals surface area (Å²) in [5, 5.41) is 18.4. The van der Waals surface area contributed by atoms with Gasteiger partial charge in [0.05, 0.1) is 24.0 Å². The zero-order chi connectivity index (χ0) is 30.8. The van der Waals surface area contributed by atoms with Crippen LogP contribution in [0.5, 0.6) is 0 Å². The molecule has 10 nitrogen and oxygen atoms in total. The van der Waals surface area contributed by atoms with E-state index in [2.05, 4.69) is 32.3 Å². The molecule has 2 aliphatic rings. The van der Waals surface area contributed by atoms with Gasteiger partial charge in [-0.25, -0.2) is 14.5 Å². The van der Waals surface area contributed by atoms with Crippen LogP contribution in [-0.4, -0.2) is 91.4 Å². The van der Waals surface area contributed by atoms with Crippen LogP contribution < -0.4 is 5.32 Å². The van der Waals surface area contributed by atoms with Gasteiger partial charge in [0.25, 0.3) is 0 Å². The largest absolute Gasteiger partial charge is 0.444 e. The van der Waals surface area contributed by atoms with Gasteiger partial charge in [0.2, 0.25) is 5.95 Å². The first-order valence-electron chi connectivity index (χ1n) is 14.9. The van der Waals surface area contributed by atoms with Gasteiger partial charge in [-0.2, -0.15) is 23.3 Å². The summed E-state index contributed by atoms with van der Waals surface area (Å²) >= 11 is 0. The Kier molecular flexibility index (Phi) is 9.12. The van der Waals surface area contributed by atoms with E-state index in [1.165, 1.54) is 0 Å². The minimum absolute atomic E-state index is 0.0243. The Morgan fingerprint density at radius 3 is 2.35 bits per heavy atom. The second-order valence-electron chi connectivity index (χ2n) is 12.4. The molecule has 1 aliphatic heterocycles. The average Bonchev–Trinajstić information content (AvgIpc) is 3.31. The predicted octanol–water partition coefficient (Wildman–Crippen LogP) is 5.39. The van der Waals surface area contributed by atoms with Crippen LogP contribution in [0.3, 0.4) is 0 Å². The normalized spacial score (nSPS) is 20.4. The predicted molar refractivity (Wildman–Crippen MR) is 157 cm³/mol. The van der Waals surface area contributed by atoms with Crippen LogP contribution in [0, 0.1) is 0 Å². The number of rotatable bonds is 7. The Morgan fingerprint density at radius 2 is 1.72 bits per heavy atom. The zero-order valence-corrected chi connectivity index (χ0v) is 24.9. The molecule has 5 rings (SSSR count). The van der Waals surface area contributed by atoms with E-state index < -0.39 is 18.2 Å². The summed E-state index contributed by atoms with van der Waals surface area (Å²) in [4.78, 5) is 25.3. The third-order valence-corrected chi connectivity index (χ3v) is 7.81. The monoisotopic (exact) mass is 603 g/mol. The molecule has 3 aromatic rings. The number of halogens is 3. The van der Waals surface area contributed by atoms with Crippen molar-refractivity contribution in [3.63, 3.8) is 0 Å². The van der Waals surface area contributed by atoms with Crippen LogP contribution >= 0.6 is 0 Å². The average molecular weight is 604 g/mol. The maximum absolute atomic E-state index is 12.7. The van der Waals surface area contributed by atoms with Crippen molar-refractivity contribution in [3.05, 3.63) is 36.0 Å². The van der Waals surface area contributed by atoms with E-state index in [9.17, 15) is 23.1 Å². The first kappa shape index (κ1) is 31.0. The standard InChI is InChI=1S/C30H40F3N7O3/c1-29(2,3)43-28(42)39-16-14-38(15-17-39)19-20-4-6-21(7-5-20)25-24-18-35-27(34-13-12-30(31,32)33)36-26(24)40(37-25)22-8-10-23(41)11-9-22/h4-7,18,22-23,41H,8-17,19H2,1-3H3,(H,34,35,36)/t22-,23-. The van der Waals surface area contributed by atoms with Gasteiger partial charge < -0.3 is 20.1 Å². The molecule has 2 fully saturated rings. The fourth-order valence-corrected chi connectivity index (χ4v) is 5.54. The quantitative estimate of drug-likeness (QED) is 0.370. The summed E-state index contributed by atoms with van der Waals surface area (Å²) in [7, 11) is 0. The van der Waals surface area contributed by atoms with Gasteiger partial charge in [-0.1, -0.05) is 24.3 Å². The van der Waals surface area contributed by atoms with E-state index >= 15 is 0 Å². The molecule has 0 atom stereocenters. The van der Waals surface area contributed by atoms with Gasteiger partial charge in [0, 0.05) is 51.0 Å². The minimum atomic E-state index is -4.27. The highest BCUT2D eigenvalue weighted by Gasteiger charge is 2.28. The van der Waals surface area contributed by atoms with Gasteiger partial charge in [0.15, 0.2) is 5.65 Å². The summed E-state index contributed by atoms with van der Waals surface area (Å²) in [5.41, 5.74) is 2.78. The van der Waals surface area contributed by atoms with Crippen LogP contribution in [0.1, 0.15) is 64.5 Å². The second-order valence-corrected chi connectivity index (χ2v) is 12.4. The minimum Gasteiger partial charge on any atom is -0.444 e. The molecule has 2 aromatic heterocycles. The first-order valence-corrected chi connectivity index (χ1v) is 14.9. The number of aromatic nitrogens is 4. The van der Waals surface area contributed by atoms with Crippen molar-refractivity contribution >= 4 is 23.1 Å². The lowest BCUT2D eigenvalue weighted by Gasteiger charge is -2.35. The zero-order valence-electron chi connectivity index (χ0n) is 24.9. The molecule has 3 heterocycles. The number of carbonyl (C=O) groups is 1. The molecule has 2 N–H and O–H groups in total. The van der Waals surface area contributed by atoms with E-state index in [-0.39, 0.29) is 30.7 Å². The number of aliphatic hydroxyl groups is 1. The number of nitrogens with zero attached hydrogens (tertiary/aromatic N) is 6. The highest BCUT2D eigenvalue weighted by atomic mass is 19.4. The number of piperazine rings is 1. The molecule has 43 heavy (non-hydrogen) atoms. The van der Waals surface area contributed by atoms with Gasteiger partial charge in [-0.15, -0.1) is 0 Å². The molecule has 1 aliphatic carbocycles. The second kappa shape index (κ2) is 12.7. The highest BCUT2D eigenvalue weighted by molar-refractivity contribution is 5.91. The molecule has 1 saturated carbocycles. The Hall–Kier alpha value is -3.45. The van der Waals surface area contributed by atoms with Crippen LogP contribution in [0.15, 0.2) is 30.5 Å². The van der Waals surface area contributed by atoms with E-state index in [4.69, 9.17) is 9.84 Å². The van der Waals surface area contributed by atoms with Crippen LogP contribution in [0.4, 0.5) is 23.9 Å². The van der Waals surface area contributed by atoms with Crippen molar-refractivity contribution in [2.75, 3.05) is 38.0 Å². The van der Waals surface area contributed by atoms with E-state index in [0.717, 1.165) is 49.0 Å². The number of aliphatic hydroxyl groups excluding tert-OH is 1. The number of hydrogen-bond acceptors (Lipinski definition) is 8. The molecule has 1 aromatic carbocycles. The molecule has 234 valence electrons. The Bertz CT molecular complexity index is 1390. The number of anilines is 1. The molecule has 0 radical (unpaired) electrons. The lowest BCUT2D eigenvalue weighted by Crippen LogP contribution is -2.49. The van der Waals surface area contributed by atoms with E-state index in [0.29, 0.717) is 37.3 Å². The SMILES string of the molecule is CC(C)(C)OC(=O)N1CCN(Cc2ccc(-c3nn([C@H]4CC[C@H](O)CC4)c4nc(NCCC(F)(F)F)ncc34)cc2)CC1. The van der Waals surface area contributed by atoms with Crippen molar-refractivity contribution in [1.82, 2.24) is 29.5 Å². The molecular weight excluding hydrogens is 563 g/mol. The summed E-state index contributed by atoms with van der Waals surface area (Å²) in [6.07, 6.45) is -1.46. The fourth-order valence-electron chi connectivity index (χ4n) is 5.54.